The van der Waals surface area contributed by atoms with Crippen LogP contribution >= 0.6 is 15.9 Å². The van der Waals surface area contributed by atoms with Crippen LogP contribution in [0.15, 0.2) is 45.7 Å². The highest BCUT2D eigenvalue weighted by Gasteiger charge is 2.28. The Labute approximate surface area is 126 Å². The van der Waals surface area contributed by atoms with Gasteiger partial charge in [0.1, 0.15) is 0 Å². The fourth-order valence-corrected chi connectivity index (χ4v) is 2.71. The lowest BCUT2D eigenvalue weighted by Crippen LogP contribution is -2.34. The third-order valence-corrected chi connectivity index (χ3v) is 3.83. The van der Waals surface area contributed by atoms with Crippen molar-refractivity contribution in [1.29, 1.82) is 0 Å². The Bertz CT molecular complexity index is 581. The maximum atomic E-state index is 12.5. The summed E-state index contributed by atoms with van der Waals surface area (Å²) in [6.45, 7) is 4.16. The summed E-state index contributed by atoms with van der Waals surface area (Å²) in [5, 5.41) is 0. The van der Waals surface area contributed by atoms with Gasteiger partial charge >= 0.3 is 0 Å². The zero-order valence-electron chi connectivity index (χ0n) is 11.7. The minimum Gasteiger partial charge on any atom is -0.458 e. The molecule has 0 fully saturated rings. The fourth-order valence-electron chi connectivity index (χ4n) is 2.34. The molecule has 2 aromatic heterocycles. The van der Waals surface area contributed by atoms with Crippen LogP contribution in [0.3, 0.4) is 0 Å². The molecule has 106 valence electrons. The number of nitrogens with zero attached hydrogens (tertiary/aromatic N) is 2. The molecule has 0 aliphatic carbocycles. The van der Waals surface area contributed by atoms with E-state index >= 15 is 0 Å². The number of amides is 1. The van der Waals surface area contributed by atoms with Crippen LogP contribution in [0.4, 0.5) is 0 Å². The fraction of sp³-hybridized carbons (Fsp3) is 0.333. The van der Waals surface area contributed by atoms with E-state index in [0.29, 0.717) is 10.2 Å². The van der Waals surface area contributed by atoms with Crippen molar-refractivity contribution >= 4 is 21.8 Å². The molecule has 4 nitrogen and oxygen atoms in total. The first kappa shape index (κ1) is 14.8. The molecule has 2 heterocycles. The van der Waals surface area contributed by atoms with Crippen molar-refractivity contribution in [2.45, 2.75) is 19.9 Å². The Morgan fingerprint density at radius 3 is 2.65 bits per heavy atom. The van der Waals surface area contributed by atoms with Crippen LogP contribution in [0, 0.1) is 5.92 Å². The highest BCUT2D eigenvalue weighted by atomic mass is 79.9. The molecule has 2 aromatic rings. The molecule has 0 saturated carbocycles. The number of hydrogen-bond donors (Lipinski definition) is 0. The minimum atomic E-state index is -0.149. The van der Waals surface area contributed by atoms with Gasteiger partial charge in [0.15, 0.2) is 0 Å². The molecule has 0 spiro atoms. The van der Waals surface area contributed by atoms with E-state index in [-0.39, 0.29) is 17.9 Å². The van der Waals surface area contributed by atoms with Gasteiger partial charge in [0.25, 0.3) is 5.91 Å². The number of pyridine rings is 1. The summed E-state index contributed by atoms with van der Waals surface area (Å²) in [4.78, 5) is 18.4. The Kier molecular flexibility index (Phi) is 4.60. The van der Waals surface area contributed by atoms with Crippen molar-refractivity contribution in [3.8, 4) is 0 Å². The van der Waals surface area contributed by atoms with Crippen molar-refractivity contribution in [3.63, 3.8) is 0 Å². The second-order valence-corrected chi connectivity index (χ2v) is 5.84. The molecule has 1 unspecified atom stereocenters. The van der Waals surface area contributed by atoms with Gasteiger partial charge in [0.2, 0.25) is 5.76 Å². The molecule has 0 saturated heterocycles. The van der Waals surface area contributed by atoms with E-state index < -0.39 is 0 Å². The van der Waals surface area contributed by atoms with Crippen LogP contribution in [0.1, 0.15) is 36.0 Å². The van der Waals surface area contributed by atoms with E-state index in [4.69, 9.17) is 4.42 Å². The van der Waals surface area contributed by atoms with Gasteiger partial charge in [-0.25, -0.2) is 0 Å². The summed E-state index contributed by atoms with van der Waals surface area (Å²) >= 11 is 3.32. The lowest BCUT2D eigenvalue weighted by molar-refractivity contribution is 0.0653. The summed E-state index contributed by atoms with van der Waals surface area (Å²) in [6.07, 6.45) is 5.02. The van der Waals surface area contributed by atoms with E-state index in [1.165, 1.54) is 6.26 Å². The molecule has 5 heteroatoms. The zero-order valence-corrected chi connectivity index (χ0v) is 13.3. The monoisotopic (exact) mass is 336 g/mol. The zero-order chi connectivity index (χ0) is 14.7. The van der Waals surface area contributed by atoms with Gasteiger partial charge in [-0.1, -0.05) is 19.9 Å². The number of rotatable bonds is 4. The predicted octanol–water partition coefficient (Wildman–Crippen LogP) is 3.91. The topological polar surface area (TPSA) is 46.3 Å². The standard InChI is InChI=1S/C15H17BrN2O2/c1-10(2)13(11-5-4-7-17-9-11)18(3)15(19)14-12(16)6-8-20-14/h4-10,13H,1-3H3. The van der Waals surface area contributed by atoms with E-state index in [2.05, 4.69) is 34.8 Å². The lowest BCUT2D eigenvalue weighted by Gasteiger charge is -2.31. The first-order valence-corrected chi connectivity index (χ1v) is 7.21. The van der Waals surface area contributed by atoms with Crippen molar-refractivity contribution in [2.24, 2.45) is 5.92 Å². The summed E-state index contributed by atoms with van der Waals surface area (Å²) in [6, 6.07) is 5.54. The molecule has 0 bridgehead atoms. The largest absolute Gasteiger partial charge is 0.458 e. The number of furan rings is 1. The Morgan fingerprint density at radius 2 is 2.15 bits per heavy atom. The molecule has 1 amide bonds. The molecule has 1 atom stereocenters. The summed E-state index contributed by atoms with van der Waals surface area (Å²) < 4.78 is 5.93. The third-order valence-electron chi connectivity index (χ3n) is 3.21. The number of halogens is 1. The SMILES string of the molecule is CC(C)C(c1cccnc1)N(C)C(=O)c1occc1Br. The quantitative estimate of drug-likeness (QED) is 0.850. The summed E-state index contributed by atoms with van der Waals surface area (Å²) in [5.74, 6) is 0.438. The van der Waals surface area contributed by atoms with Crippen LogP contribution < -0.4 is 0 Å². The smallest absolute Gasteiger partial charge is 0.291 e. The van der Waals surface area contributed by atoms with Crippen LogP contribution in [-0.2, 0) is 0 Å². The van der Waals surface area contributed by atoms with Gasteiger partial charge in [-0.3, -0.25) is 9.78 Å². The first-order valence-electron chi connectivity index (χ1n) is 6.42. The van der Waals surface area contributed by atoms with Gasteiger partial charge in [0, 0.05) is 19.4 Å². The van der Waals surface area contributed by atoms with Crippen LogP contribution in [0.25, 0.3) is 0 Å². The molecule has 0 N–H and O–H groups in total. The van der Waals surface area contributed by atoms with Crippen LogP contribution in [0.5, 0.6) is 0 Å². The van der Waals surface area contributed by atoms with Gasteiger partial charge < -0.3 is 9.32 Å². The van der Waals surface area contributed by atoms with E-state index in [1.807, 2.05) is 12.1 Å². The Hall–Kier alpha value is -1.62. The molecule has 0 radical (unpaired) electrons. The molecule has 2 rings (SSSR count). The molecule has 20 heavy (non-hydrogen) atoms. The van der Waals surface area contributed by atoms with Crippen LogP contribution in [0.2, 0.25) is 0 Å². The van der Waals surface area contributed by atoms with E-state index in [9.17, 15) is 4.79 Å². The normalized spacial score (nSPS) is 12.4. The molecule has 0 aliphatic heterocycles. The second-order valence-electron chi connectivity index (χ2n) is 4.99. The highest BCUT2D eigenvalue weighted by molar-refractivity contribution is 9.10. The van der Waals surface area contributed by atoms with Crippen molar-refractivity contribution < 1.29 is 9.21 Å². The molecule has 0 aromatic carbocycles. The van der Waals surface area contributed by atoms with E-state index in [0.717, 1.165) is 5.56 Å². The van der Waals surface area contributed by atoms with E-state index in [1.54, 1.807) is 30.4 Å². The second kappa shape index (κ2) is 6.22. The lowest BCUT2D eigenvalue weighted by atomic mass is 9.96. The number of carbonyl (C=O) groups excluding carboxylic acids is 1. The minimum absolute atomic E-state index is 0.0480. The van der Waals surface area contributed by atoms with Gasteiger partial charge in [-0.15, -0.1) is 0 Å². The number of aromatic nitrogens is 1. The predicted molar refractivity (Wildman–Crippen MR) is 80.3 cm³/mol. The third kappa shape index (κ3) is 2.93. The number of hydrogen-bond acceptors (Lipinski definition) is 3. The van der Waals surface area contributed by atoms with Crippen molar-refractivity contribution in [2.75, 3.05) is 7.05 Å². The van der Waals surface area contributed by atoms with Gasteiger partial charge in [-0.05, 0) is 39.5 Å². The Morgan fingerprint density at radius 1 is 1.40 bits per heavy atom. The number of carbonyl (C=O) groups is 1. The first-order chi connectivity index (χ1) is 9.52. The van der Waals surface area contributed by atoms with Gasteiger partial charge in [-0.2, -0.15) is 0 Å². The average molecular weight is 337 g/mol. The average Bonchev–Trinajstić information content (AvgIpc) is 2.85. The van der Waals surface area contributed by atoms with Crippen molar-refractivity contribution in [1.82, 2.24) is 9.88 Å². The Balaban J connectivity index is 2.31. The van der Waals surface area contributed by atoms with Crippen LogP contribution in [-0.4, -0.2) is 22.8 Å². The molecular formula is C15H17BrN2O2. The molecular weight excluding hydrogens is 320 g/mol. The molecule has 0 aliphatic rings. The maximum Gasteiger partial charge on any atom is 0.291 e. The summed E-state index contributed by atoms with van der Waals surface area (Å²) in [7, 11) is 1.79. The van der Waals surface area contributed by atoms with Gasteiger partial charge in [0.05, 0.1) is 16.8 Å². The summed E-state index contributed by atoms with van der Waals surface area (Å²) in [5.41, 5.74) is 1.01. The maximum absolute atomic E-state index is 12.5. The highest BCUT2D eigenvalue weighted by Crippen LogP contribution is 2.29. The van der Waals surface area contributed by atoms with Crippen molar-refractivity contribution in [3.05, 3.63) is 52.7 Å².